The van der Waals surface area contributed by atoms with Crippen LogP contribution in [0.5, 0.6) is 0 Å². The maximum absolute atomic E-state index is 11.2. The summed E-state index contributed by atoms with van der Waals surface area (Å²) in [6, 6.07) is 5.48. The van der Waals surface area contributed by atoms with Gasteiger partial charge < -0.3 is 5.32 Å². The summed E-state index contributed by atoms with van der Waals surface area (Å²) in [5, 5.41) is 4.51. The number of nitrogens with one attached hydrogen (secondary N) is 1. The highest BCUT2D eigenvalue weighted by Gasteiger charge is 2.13. The second-order valence-electron chi connectivity index (χ2n) is 4.59. The maximum atomic E-state index is 11.2. The van der Waals surface area contributed by atoms with Crippen molar-refractivity contribution < 1.29 is 8.42 Å². The number of sulfone groups is 1. The average Bonchev–Trinajstić information content (AvgIpc) is 2.25. The summed E-state index contributed by atoms with van der Waals surface area (Å²) >= 11 is 12.0. The summed E-state index contributed by atoms with van der Waals surface area (Å²) in [7, 11) is -2.91. The minimum absolute atomic E-state index is 0.0722. The fraction of sp³-hybridized carbons (Fsp3) is 0.538. The van der Waals surface area contributed by atoms with Gasteiger partial charge in [-0.3, -0.25) is 0 Å². The van der Waals surface area contributed by atoms with Crippen LogP contribution in [0.1, 0.15) is 31.4 Å². The van der Waals surface area contributed by atoms with E-state index in [1.807, 2.05) is 19.1 Å². The van der Waals surface area contributed by atoms with E-state index in [1.165, 1.54) is 6.26 Å². The first kappa shape index (κ1) is 16.8. The van der Waals surface area contributed by atoms with Crippen LogP contribution in [0.3, 0.4) is 0 Å². The van der Waals surface area contributed by atoms with E-state index in [0.29, 0.717) is 16.5 Å². The van der Waals surface area contributed by atoms with Crippen molar-refractivity contribution in [2.45, 2.75) is 25.8 Å². The van der Waals surface area contributed by atoms with Crippen molar-refractivity contribution in [1.82, 2.24) is 5.32 Å². The Morgan fingerprint density at radius 2 is 1.79 bits per heavy atom. The molecule has 6 heteroatoms. The van der Waals surface area contributed by atoms with Crippen molar-refractivity contribution in [2.24, 2.45) is 0 Å². The molecule has 108 valence electrons. The molecule has 1 aromatic rings. The zero-order valence-electron chi connectivity index (χ0n) is 11.1. The fourth-order valence-electron chi connectivity index (χ4n) is 1.96. The van der Waals surface area contributed by atoms with Crippen molar-refractivity contribution in [3.63, 3.8) is 0 Å². The molecule has 1 N–H and O–H groups in total. The Kier molecular flexibility index (Phi) is 6.60. The monoisotopic (exact) mass is 323 g/mol. The van der Waals surface area contributed by atoms with Gasteiger partial charge in [-0.15, -0.1) is 0 Å². The molecule has 0 aliphatic carbocycles. The molecular weight excluding hydrogens is 305 g/mol. The summed E-state index contributed by atoms with van der Waals surface area (Å²) in [5.41, 5.74) is 0.993. The van der Waals surface area contributed by atoms with Crippen molar-refractivity contribution in [3.05, 3.63) is 33.8 Å². The number of halogens is 2. The molecular formula is C13H19Cl2NO2S. The summed E-state index contributed by atoms with van der Waals surface area (Å²) in [4.78, 5) is 0. The molecule has 0 bridgehead atoms. The van der Waals surface area contributed by atoms with E-state index in [2.05, 4.69) is 5.32 Å². The van der Waals surface area contributed by atoms with Gasteiger partial charge in [-0.2, -0.15) is 0 Å². The molecule has 1 rings (SSSR count). The molecule has 1 aromatic carbocycles. The molecule has 1 atom stereocenters. The Morgan fingerprint density at radius 1 is 1.21 bits per heavy atom. The van der Waals surface area contributed by atoms with Crippen LogP contribution in [-0.4, -0.2) is 27.0 Å². The molecule has 0 fully saturated rings. The van der Waals surface area contributed by atoms with Gasteiger partial charge in [0.05, 0.1) is 0 Å². The van der Waals surface area contributed by atoms with Crippen LogP contribution in [-0.2, 0) is 9.84 Å². The highest BCUT2D eigenvalue weighted by molar-refractivity contribution is 7.90. The number of hydrogen-bond acceptors (Lipinski definition) is 3. The lowest BCUT2D eigenvalue weighted by Gasteiger charge is -2.18. The largest absolute Gasteiger partial charge is 0.310 e. The molecule has 3 nitrogen and oxygen atoms in total. The smallest absolute Gasteiger partial charge is 0.147 e. The van der Waals surface area contributed by atoms with E-state index in [1.54, 1.807) is 6.07 Å². The predicted octanol–water partition coefficient (Wildman–Crippen LogP) is 3.47. The molecule has 0 spiro atoms. The second-order valence-corrected chi connectivity index (χ2v) is 7.72. The van der Waals surface area contributed by atoms with E-state index in [-0.39, 0.29) is 11.8 Å². The van der Waals surface area contributed by atoms with Gasteiger partial charge in [-0.1, -0.05) is 30.1 Å². The molecule has 0 aliphatic heterocycles. The van der Waals surface area contributed by atoms with Crippen LogP contribution < -0.4 is 5.32 Å². The zero-order chi connectivity index (χ0) is 14.5. The third-order valence-electron chi connectivity index (χ3n) is 2.75. The predicted molar refractivity (Wildman–Crippen MR) is 81.8 cm³/mol. The Hall–Kier alpha value is -0.290. The Morgan fingerprint density at radius 3 is 2.26 bits per heavy atom. The Labute approximate surface area is 125 Å². The molecule has 0 amide bonds. The lowest BCUT2D eigenvalue weighted by molar-refractivity contribution is 0.507. The van der Waals surface area contributed by atoms with Crippen molar-refractivity contribution >= 4 is 33.0 Å². The first-order valence-electron chi connectivity index (χ1n) is 6.19. The topological polar surface area (TPSA) is 46.2 Å². The number of hydrogen-bond donors (Lipinski definition) is 1. The summed E-state index contributed by atoms with van der Waals surface area (Å²) in [6.45, 7) is 2.81. The molecule has 0 saturated carbocycles. The molecule has 0 saturated heterocycles. The first-order valence-corrected chi connectivity index (χ1v) is 9.00. The van der Waals surface area contributed by atoms with E-state index in [9.17, 15) is 8.42 Å². The van der Waals surface area contributed by atoms with E-state index >= 15 is 0 Å². The van der Waals surface area contributed by atoms with E-state index in [0.717, 1.165) is 18.5 Å². The quantitative estimate of drug-likeness (QED) is 0.835. The van der Waals surface area contributed by atoms with Crippen molar-refractivity contribution in [1.29, 1.82) is 0 Å². The van der Waals surface area contributed by atoms with Gasteiger partial charge in [0.15, 0.2) is 0 Å². The third kappa shape index (κ3) is 6.61. The van der Waals surface area contributed by atoms with Crippen LogP contribution in [0.25, 0.3) is 0 Å². The van der Waals surface area contributed by atoms with Gasteiger partial charge >= 0.3 is 0 Å². The van der Waals surface area contributed by atoms with Gasteiger partial charge in [0, 0.05) is 28.1 Å². The highest BCUT2D eigenvalue weighted by atomic mass is 35.5. The van der Waals surface area contributed by atoms with Crippen LogP contribution in [0.4, 0.5) is 0 Å². The molecule has 0 radical (unpaired) electrons. The lowest BCUT2D eigenvalue weighted by atomic mass is 10.0. The minimum atomic E-state index is -2.91. The molecule has 0 aromatic heterocycles. The van der Waals surface area contributed by atoms with Gasteiger partial charge in [0.25, 0.3) is 0 Å². The molecule has 1 unspecified atom stereocenters. The Balaban J connectivity index is 2.76. The number of rotatable bonds is 7. The van der Waals surface area contributed by atoms with Gasteiger partial charge in [0.1, 0.15) is 9.84 Å². The average molecular weight is 324 g/mol. The molecule has 19 heavy (non-hydrogen) atoms. The van der Waals surface area contributed by atoms with Gasteiger partial charge in [-0.05, 0) is 43.1 Å². The van der Waals surface area contributed by atoms with Crippen molar-refractivity contribution in [3.8, 4) is 0 Å². The van der Waals surface area contributed by atoms with Crippen molar-refractivity contribution in [2.75, 3.05) is 18.6 Å². The van der Waals surface area contributed by atoms with E-state index < -0.39 is 9.84 Å². The Bertz CT molecular complexity index is 497. The van der Waals surface area contributed by atoms with Crippen LogP contribution >= 0.6 is 23.2 Å². The molecule has 0 aliphatic rings. The summed E-state index contributed by atoms with van der Waals surface area (Å²) in [5.74, 6) is 0.198. The maximum Gasteiger partial charge on any atom is 0.147 e. The lowest BCUT2D eigenvalue weighted by Crippen LogP contribution is -2.21. The van der Waals surface area contributed by atoms with E-state index in [4.69, 9.17) is 23.2 Å². The van der Waals surface area contributed by atoms with Crippen LogP contribution in [0.2, 0.25) is 10.0 Å². The summed E-state index contributed by atoms with van der Waals surface area (Å²) in [6.07, 6.45) is 2.60. The normalized spacial score (nSPS) is 13.5. The highest BCUT2D eigenvalue weighted by Crippen LogP contribution is 2.26. The van der Waals surface area contributed by atoms with Gasteiger partial charge in [0.2, 0.25) is 0 Å². The van der Waals surface area contributed by atoms with Gasteiger partial charge in [-0.25, -0.2) is 8.42 Å². The van der Waals surface area contributed by atoms with Crippen LogP contribution in [0.15, 0.2) is 18.2 Å². The minimum Gasteiger partial charge on any atom is -0.310 e. The fourth-order valence-corrected chi connectivity index (χ4v) is 3.19. The third-order valence-corrected chi connectivity index (χ3v) is 4.21. The standard InChI is InChI=1S/C13H19Cl2NO2S/c1-3-16-13(5-4-6-19(2,17)18)10-7-11(14)9-12(15)8-10/h7-9,13,16H,3-6H2,1-2H3. The SMILES string of the molecule is CCNC(CCCS(C)(=O)=O)c1cc(Cl)cc(Cl)c1. The zero-order valence-corrected chi connectivity index (χ0v) is 13.4. The van der Waals surface area contributed by atoms with Crippen LogP contribution in [0, 0.1) is 0 Å². The summed E-state index contributed by atoms with van der Waals surface area (Å²) < 4.78 is 22.3. The molecule has 0 heterocycles. The second kappa shape index (κ2) is 7.48. The first-order chi connectivity index (χ1) is 8.81. The number of benzene rings is 1.